The molecule has 0 saturated carbocycles. The highest BCUT2D eigenvalue weighted by Gasteiger charge is 2.14. The maximum absolute atomic E-state index is 11.8. The lowest BCUT2D eigenvalue weighted by Crippen LogP contribution is -2.20. The van der Waals surface area contributed by atoms with Gasteiger partial charge in [-0.05, 0) is 24.5 Å². The number of nitriles is 1. The van der Waals surface area contributed by atoms with Gasteiger partial charge in [-0.3, -0.25) is 4.79 Å². The predicted octanol–water partition coefficient (Wildman–Crippen LogP) is 1.84. The molecule has 0 radical (unpaired) electrons. The number of rotatable bonds is 1. The van der Waals surface area contributed by atoms with E-state index in [4.69, 9.17) is 5.26 Å². The van der Waals surface area contributed by atoms with E-state index in [1.807, 2.05) is 12.3 Å². The molecule has 17 heavy (non-hydrogen) atoms. The van der Waals surface area contributed by atoms with E-state index in [0.717, 1.165) is 4.90 Å². The van der Waals surface area contributed by atoms with Crippen molar-refractivity contribution < 1.29 is 5.11 Å². The van der Waals surface area contributed by atoms with Crippen LogP contribution in [0.25, 0.3) is 10.9 Å². The highest BCUT2D eigenvalue weighted by molar-refractivity contribution is 7.98. The van der Waals surface area contributed by atoms with Gasteiger partial charge in [-0.2, -0.15) is 5.26 Å². The third-order valence-electron chi connectivity index (χ3n) is 2.69. The molecule has 0 atom stereocenters. The summed E-state index contributed by atoms with van der Waals surface area (Å²) in [6.45, 7) is 0. The van der Waals surface area contributed by atoms with E-state index in [1.165, 1.54) is 16.3 Å². The molecule has 4 nitrogen and oxygen atoms in total. The summed E-state index contributed by atoms with van der Waals surface area (Å²) in [5.74, 6) is -0.235. The molecule has 0 bridgehead atoms. The zero-order valence-corrected chi connectivity index (χ0v) is 10.2. The van der Waals surface area contributed by atoms with E-state index >= 15 is 0 Å². The lowest BCUT2D eigenvalue weighted by Gasteiger charge is -2.09. The molecule has 1 aromatic heterocycles. The van der Waals surface area contributed by atoms with Crippen molar-refractivity contribution in [2.45, 2.75) is 4.90 Å². The second kappa shape index (κ2) is 4.15. The monoisotopic (exact) mass is 246 g/mol. The van der Waals surface area contributed by atoms with E-state index in [0.29, 0.717) is 10.9 Å². The van der Waals surface area contributed by atoms with Crippen LogP contribution >= 0.6 is 11.8 Å². The minimum absolute atomic E-state index is 0.210. The van der Waals surface area contributed by atoms with Crippen LogP contribution in [0.15, 0.2) is 27.9 Å². The number of hydrogen-bond donors (Lipinski definition) is 1. The van der Waals surface area contributed by atoms with Crippen molar-refractivity contribution in [3.63, 3.8) is 0 Å². The summed E-state index contributed by atoms with van der Waals surface area (Å²) in [6, 6.07) is 7.16. The SMILES string of the molecule is CSc1ccc2c(c1)c(O)c(C#N)c(=O)n2C. The van der Waals surface area contributed by atoms with Gasteiger partial charge in [0.2, 0.25) is 0 Å². The van der Waals surface area contributed by atoms with E-state index in [2.05, 4.69) is 0 Å². The lowest BCUT2D eigenvalue weighted by atomic mass is 10.1. The van der Waals surface area contributed by atoms with Crippen molar-refractivity contribution in [1.82, 2.24) is 4.57 Å². The second-order valence-corrected chi connectivity index (χ2v) is 4.46. The van der Waals surface area contributed by atoms with Crippen LogP contribution in [0.5, 0.6) is 5.75 Å². The molecule has 1 heterocycles. The van der Waals surface area contributed by atoms with Gasteiger partial charge in [0.15, 0.2) is 5.56 Å². The average molecular weight is 246 g/mol. The summed E-state index contributed by atoms with van der Waals surface area (Å²) >= 11 is 1.53. The van der Waals surface area contributed by atoms with Gasteiger partial charge in [0, 0.05) is 17.3 Å². The molecule has 0 amide bonds. The van der Waals surface area contributed by atoms with Gasteiger partial charge < -0.3 is 9.67 Å². The molecule has 86 valence electrons. The van der Waals surface area contributed by atoms with E-state index in [-0.39, 0.29) is 11.3 Å². The second-order valence-electron chi connectivity index (χ2n) is 3.58. The summed E-state index contributed by atoms with van der Waals surface area (Å²) in [7, 11) is 1.59. The fourth-order valence-corrected chi connectivity index (χ4v) is 2.18. The van der Waals surface area contributed by atoms with Crippen LogP contribution in [-0.2, 0) is 7.05 Å². The summed E-state index contributed by atoms with van der Waals surface area (Å²) in [5, 5.41) is 19.3. The molecule has 0 aliphatic heterocycles. The minimum Gasteiger partial charge on any atom is -0.506 e. The summed E-state index contributed by atoms with van der Waals surface area (Å²) in [6.07, 6.45) is 1.92. The molecular formula is C12H10N2O2S. The highest BCUT2D eigenvalue weighted by atomic mass is 32.2. The Morgan fingerprint density at radius 3 is 2.76 bits per heavy atom. The summed E-state index contributed by atoms with van der Waals surface area (Å²) < 4.78 is 1.37. The van der Waals surface area contributed by atoms with E-state index in [1.54, 1.807) is 25.2 Å². The first-order valence-electron chi connectivity index (χ1n) is 4.90. The number of aromatic hydroxyl groups is 1. The third-order valence-corrected chi connectivity index (χ3v) is 3.41. The van der Waals surface area contributed by atoms with Crippen LogP contribution < -0.4 is 5.56 Å². The molecule has 0 aliphatic rings. The molecule has 0 aliphatic carbocycles. The number of fused-ring (bicyclic) bond motifs is 1. The number of benzene rings is 1. The van der Waals surface area contributed by atoms with Gasteiger partial charge in [0.1, 0.15) is 11.8 Å². The quantitative estimate of drug-likeness (QED) is 0.780. The molecule has 1 aromatic carbocycles. The molecule has 0 spiro atoms. The Kier molecular flexibility index (Phi) is 2.82. The minimum atomic E-state index is -0.477. The molecule has 2 rings (SSSR count). The fraction of sp³-hybridized carbons (Fsp3) is 0.167. The topological polar surface area (TPSA) is 66.0 Å². The smallest absolute Gasteiger partial charge is 0.272 e. The zero-order valence-electron chi connectivity index (χ0n) is 9.39. The van der Waals surface area contributed by atoms with Gasteiger partial charge in [0.05, 0.1) is 5.52 Å². The van der Waals surface area contributed by atoms with E-state index in [9.17, 15) is 9.90 Å². The van der Waals surface area contributed by atoms with Crippen molar-refractivity contribution in [2.75, 3.05) is 6.26 Å². The van der Waals surface area contributed by atoms with Crippen molar-refractivity contribution in [1.29, 1.82) is 5.26 Å². The van der Waals surface area contributed by atoms with E-state index < -0.39 is 5.56 Å². The van der Waals surface area contributed by atoms with Gasteiger partial charge in [0.25, 0.3) is 5.56 Å². The maximum atomic E-state index is 11.8. The molecule has 0 saturated heterocycles. The van der Waals surface area contributed by atoms with Gasteiger partial charge in [-0.25, -0.2) is 0 Å². The number of aromatic nitrogens is 1. The Morgan fingerprint density at radius 2 is 2.18 bits per heavy atom. The van der Waals surface area contributed by atoms with Crippen LogP contribution in [0.3, 0.4) is 0 Å². The average Bonchev–Trinajstić information content (AvgIpc) is 2.36. The van der Waals surface area contributed by atoms with Crippen LogP contribution in [-0.4, -0.2) is 15.9 Å². The van der Waals surface area contributed by atoms with Crippen molar-refractivity contribution in [3.8, 4) is 11.8 Å². The lowest BCUT2D eigenvalue weighted by molar-refractivity contribution is 0.477. The summed E-state index contributed by atoms with van der Waals surface area (Å²) in [4.78, 5) is 12.7. The number of nitrogens with zero attached hydrogens (tertiary/aromatic N) is 2. The van der Waals surface area contributed by atoms with Gasteiger partial charge >= 0.3 is 0 Å². The van der Waals surface area contributed by atoms with Crippen LogP contribution in [0, 0.1) is 11.3 Å². The van der Waals surface area contributed by atoms with Gasteiger partial charge in [-0.1, -0.05) is 0 Å². The molecule has 5 heteroatoms. The van der Waals surface area contributed by atoms with Crippen LogP contribution in [0.2, 0.25) is 0 Å². The first-order valence-corrected chi connectivity index (χ1v) is 6.12. The molecule has 0 unspecified atom stereocenters. The molecule has 2 aromatic rings. The molecular weight excluding hydrogens is 236 g/mol. The predicted molar refractivity (Wildman–Crippen MR) is 67.3 cm³/mol. The molecule has 0 fully saturated rings. The maximum Gasteiger partial charge on any atom is 0.272 e. The normalized spacial score (nSPS) is 10.4. The number of aryl methyl sites for hydroxylation is 1. The Balaban J connectivity index is 3.00. The van der Waals surface area contributed by atoms with Crippen LogP contribution in [0.1, 0.15) is 5.56 Å². The number of pyridine rings is 1. The highest BCUT2D eigenvalue weighted by Crippen LogP contribution is 2.29. The first-order chi connectivity index (χ1) is 8.10. The largest absolute Gasteiger partial charge is 0.506 e. The number of thioether (sulfide) groups is 1. The Morgan fingerprint density at radius 1 is 1.47 bits per heavy atom. The first kappa shape index (κ1) is 11.6. The van der Waals surface area contributed by atoms with Crippen LogP contribution in [0.4, 0.5) is 0 Å². The summed E-state index contributed by atoms with van der Waals surface area (Å²) in [5.41, 5.74) is -0.0723. The Labute approximate surface area is 102 Å². The van der Waals surface area contributed by atoms with Gasteiger partial charge in [-0.15, -0.1) is 11.8 Å². The fourth-order valence-electron chi connectivity index (χ4n) is 1.74. The zero-order chi connectivity index (χ0) is 12.6. The third kappa shape index (κ3) is 1.67. The standard InChI is InChI=1S/C12H10N2O2S/c1-14-10-4-3-7(17-2)5-8(10)11(15)9(6-13)12(14)16/h3-5,15H,1-2H3. The molecule has 1 N–H and O–H groups in total. The Hall–Kier alpha value is -1.93. The van der Waals surface area contributed by atoms with Crippen molar-refractivity contribution in [3.05, 3.63) is 34.1 Å². The number of hydrogen-bond acceptors (Lipinski definition) is 4. The van der Waals surface area contributed by atoms with Crippen molar-refractivity contribution in [2.24, 2.45) is 7.05 Å². The van der Waals surface area contributed by atoms with Crippen molar-refractivity contribution >= 4 is 22.7 Å². The Bertz CT molecular complexity index is 698.